The smallest absolute Gasteiger partial charge is 0.170 e. The summed E-state index contributed by atoms with van der Waals surface area (Å²) in [5, 5.41) is 7.67. The van der Waals surface area contributed by atoms with Crippen LogP contribution in [0.2, 0.25) is 5.02 Å². The van der Waals surface area contributed by atoms with Crippen LogP contribution in [0.3, 0.4) is 0 Å². The first-order valence-electron chi connectivity index (χ1n) is 6.93. The maximum atomic E-state index is 5.87. The van der Waals surface area contributed by atoms with Gasteiger partial charge in [0.15, 0.2) is 5.11 Å². The first-order chi connectivity index (χ1) is 10.6. The standard InChI is InChI=1S/C16H19ClN4S/c1-21(2)15(12-4-3-9-18-10-12)11-19-16(22)20-14-7-5-13(17)6-8-14/h3-10,15H,11H2,1-2H3,(H2,19,20,22)/t15-/m1/s1. The lowest BCUT2D eigenvalue weighted by atomic mass is 10.1. The van der Waals surface area contributed by atoms with Gasteiger partial charge in [0.05, 0.1) is 6.04 Å². The Labute approximate surface area is 141 Å². The van der Waals surface area contributed by atoms with E-state index >= 15 is 0 Å². The van der Waals surface area contributed by atoms with Crippen LogP contribution in [0, 0.1) is 0 Å². The Balaban J connectivity index is 1.92. The summed E-state index contributed by atoms with van der Waals surface area (Å²) in [4.78, 5) is 6.31. The lowest BCUT2D eigenvalue weighted by molar-refractivity contribution is 0.298. The lowest BCUT2D eigenvalue weighted by Gasteiger charge is -2.25. The number of nitrogens with zero attached hydrogens (tertiary/aromatic N) is 2. The minimum absolute atomic E-state index is 0.193. The number of halogens is 1. The highest BCUT2D eigenvalue weighted by atomic mass is 35.5. The summed E-state index contributed by atoms with van der Waals surface area (Å²) in [6.45, 7) is 0.693. The number of benzene rings is 1. The molecule has 22 heavy (non-hydrogen) atoms. The molecule has 1 atom stereocenters. The lowest BCUT2D eigenvalue weighted by Crippen LogP contribution is -2.36. The Morgan fingerprint density at radius 3 is 2.59 bits per heavy atom. The summed E-state index contributed by atoms with van der Waals surface area (Å²) in [5.41, 5.74) is 2.05. The summed E-state index contributed by atoms with van der Waals surface area (Å²) in [5.74, 6) is 0. The van der Waals surface area contributed by atoms with E-state index in [2.05, 4.69) is 26.6 Å². The zero-order chi connectivity index (χ0) is 15.9. The van der Waals surface area contributed by atoms with Gasteiger partial charge in [-0.25, -0.2) is 0 Å². The van der Waals surface area contributed by atoms with Crippen molar-refractivity contribution in [3.05, 3.63) is 59.4 Å². The van der Waals surface area contributed by atoms with E-state index in [4.69, 9.17) is 23.8 Å². The number of likely N-dealkylation sites (N-methyl/N-ethyl adjacent to an activating group) is 1. The maximum absolute atomic E-state index is 5.87. The van der Waals surface area contributed by atoms with Crippen LogP contribution in [0.5, 0.6) is 0 Å². The first-order valence-corrected chi connectivity index (χ1v) is 7.71. The zero-order valence-electron chi connectivity index (χ0n) is 12.6. The number of nitrogens with one attached hydrogen (secondary N) is 2. The van der Waals surface area contributed by atoms with E-state index < -0.39 is 0 Å². The van der Waals surface area contributed by atoms with Crippen LogP contribution in [0.25, 0.3) is 0 Å². The molecule has 0 bridgehead atoms. The van der Waals surface area contributed by atoms with Crippen LogP contribution in [-0.4, -0.2) is 35.6 Å². The molecule has 6 heteroatoms. The molecule has 1 heterocycles. The van der Waals surface area contributed by atoms with E-state index in [0.717, 1.165) is 11.3 Å². The molecule has 1 aromatic carbocycles. The molecule has 0 amide bonds. The second-order valence-electron chi connectivity index (χ2n) is 5.11. The Morgan fingerprint density at radius 2 is 2.00 bits per heavy atom. The normalized spacial score (nSPS) is 12.0. The molecule has 0 unspecified atom stereocenters. The zero-order valence-corrected chi connectivity index (χ0v) is 14.2. The fourth-order valence-electron chi connectivity index (χ4n) is 2.07. The molecular formula is C16H19ClN4S. The van der Waals surface area contributed by atoms with Crippen LogP contribution in [-0.2, 0) is 0 Å². The van der Waals surface area contributed by atoms with Gasteiger partial charge in [0.1, 0.15) is 0 Å². The third-order valence-corrected chi connectivity index (χ3v) is 3.75. The average molecular weight is 335 g/mol. The van der Waals surface area contributed by atoms with E-state index in [1.165, 1.54) is 0 Å². The molecular weight excluding hydrogens is 316 g/mol. The van der Waals surface area contributed by atoms with Crippen molar-refractivity contribution in [2.24, 2.45) is 0 Å². The van der Waals surface area contributed by atoms with Gasteiger partial charge in [-0.05, 0) is 62.2 Å². The van der Waals surface area contributed by atoms with Crippen LogP contribution in [0.15, 0.2) is 48.8 Å². The van der Waals surface area contributed by atoms with Crippen molar-refractivity contribution < 1.29 is 0 Å². The molecule has 4 nitrogen and oxygen atoms in total. The average Bonchev–Trinajstić information content (AvgIpc) is 2.50. The maximum Gasteiger partial charge on any atom is 0.170 e. The third-order valence-electron chi connectivity index (χ3n) is 3.25. The number of anilines is 1. The number of hydrogen-bond acceptors (Lipinski definition) is 3. The number of rotatable bonds is 5. The number of thiocarbonyl (C=S) groups is 1. The predicted octanol–water partition coefficient (Wildman–Crippen LogP) is 3.32. The van der Waals surface area contributed by atoms with Crippen molar-refractivity contribution in [2.75, 3.05) is 26.0 Å². The molecule has 0 radical (unpaired) electrons. The van der Waals surface area contributed by atoms with Crippen molar-refractivity contribution in [1.29, 1.82) is 0 Å². The minimum Gasteiger partial charge on any atom is -0.361 e. The van der Waals surface area contributed by atoms with Crippen molar-refractivity contribution in [3.63, 3.8) is 0 Å². The molecule has 0 spiro atoms. The van der Waals surface area contributed by atoms with Crippen LogP contribution in [0.1, 0.15) is 11.6 Å². The van der Waals surface area contributed by atoms with Gasteiger partial charge in [-0.1, -0.05) is 17.7 Å². The van der Waals surface area contributed by atoms with E-state index in [1.54, 1.807) is 6.20 Å². The molecule has 0 fully saturated rings. The first kappa shape index (κ1) is 16.7. The minimum atomic E-state index is 0.193. The Morgan fingerprint density at radius 1 is 1.27 bits per heavy atom. The highest BCUT2D eigenvalue weighted by molar-refractivity contribution is 7.80. The SMILES string of the molecule is CN(C)[C@H](CNC(=S)Nc1ccc(Cl)cc1)c1cccnc1. The second kappa shape index (κ2) is 8.08. The summed E-state index contributed by atoms with van der Waals surface area (Å²) >= 11 is 11.2. The van der Waals surface area contributed by atoms with E-state index in [9.17, 15) is 0 Å². The van der Waals surface area contributed by atoms with E-state index in [1.807, 2.05) is 50.6 Å². The van der Waals surface area contributed by atoms with Crippen molar-refractivity contribution in [3.8, 4) is 0 Å². The van der Waals surface area contributed by atoms with Gasteiger partial charge in [-0.2, -0.15) is 0 Å². The fraction of sp³-hybridized carbons (Fsp3) is 0.250. The van der Waals surface area contributed by atoms with Gasteiger partial charge in [0, 0.05) is 29.6 Å². The predicted molar refractivity (Wildman–Crippen MR) is 96.3 cm³/mol. The molecule has 2 aromatic rings. The number of aromatic nitrogens is 1. The van der Waals surface area contributed by atoms with Crippen LogP contribution >= 0.6 is 23.8 Å². The summed E-state index contributed by atoms with van der Waals surface area (Å²) in [7, 11) is 4.07. The quantitative estimate of drug-likeness (QED) is 0.821. The van der Waals surface area contributed by atoms with Crippen molar-refractivity contribution in [2.45, 2.75) is 6.04 Å². The molecule has 0 aliphatic carbocycles. The van der Waals surface area contributed by atoms with Gasteiger partial charge in [-0.15, -0.1) is 0 Å². The molecule has 0 aliphatic rings. The van der Waals surface area contributed by atoms with Gasteiger partial charge in [0.2, 0.25) is 0 Å². The fourth-order valence-corrected chi connectivity index (χ4v) is 2.40. The second-order valence-corrected chi connectivity index (χ2v) is 5.95. The summed E-state index contributed by atoms with van der Waals surface area (Å²) in [6, 6.07) is 11.6. The van der Waals surface area contributed by atoms with Gasteiger partial charge in [0.25, 0.3) is 0 Å². The van der Waals surface area contributed by atoms with Crippen molar-refractivity contribution in [1.82, 2.24) is 15.2 Å². The highest BCUT2D eigenvalue weighted by Gasteiger charge is 2.14. The monoisotopic (exact) mass is 334 g/mol. The molecule has 2 N–H and O–H groups in total. The third kappa shape index (κ3) is 4.94. The molecule has 0 saturated heterocycles. The van der Waals surface area contributed by atoms with Gasteiger partial charge < -0.3 is 15.5 Å². The van der Waals surface area contributed by atoms with Crippen LogP contribution in [0.4, 0.5) is 5.69 Å². The van der Waals surface area contributed by atoms with Gasteiger partial charge in [-0.3, -0.25) is 4.98 Å². The molecule has 2 rings (SSSR count). The number of hydrogen-bond donors (Lipinski definition) is 2. The molecule has 0 aliphatic heterocycles. The summed E-state index contributed by atoms with van der Waals surface area (Å²) < 4.78 is 0. The molecule has 1 aromatic heterocycles. The molecule has 0 saturated carbocycles. The van der Waals surface area contributed by atoms with Gasteiger partial charge >= 0.3 is 0 Å². The Bertz CT molecular complexity index is 601. The topological polar surface area (TPSA) is 40.2 Å². The van der Waals surface area contributed by atoms with Crippen molar-refractivity contribution >= 4 is 34.6 Å². The Kier molecular flexibility index (Phi) is 6.12. The summed E-state index contributed by atoms with van der Waals surface area (Å²) in [6.07, 6.45) is 3.65. The van der Waals surface area contributed by atoms with E-state index in [0.29, 0.717) is 16.7 Å². The largest absolute Gasteiger partial charge is 0.361 e. The Hall–Kier alpha value is -1.69. The van der Waals surface area contributed by atoms with E-state index in [-0.39, 0.29) is 6.04 Å². The highest BCUT2D eigenvalue weighted by Crippen LogP contribution is 2.16. The van der Waals surface area contributed by atoms with Crippen LogP contribution < -0.4 is 10.6 Å². The molecule has 116 valence electrons. The number of pyridine rings is 1.